The van der Waals surface area contributed by atoms with E-state index < -0.39 is 78.4 Å². The summed E-state index contributed by atoms with van der Waals surface area (Å²) in [6.07, 6.45) is -3.58. The van der Waals surface area contributed by atoms with E-state index in [0.717, 1.165) is 13.0 Å². The minimum Gasteiger partial charge on any atom is -0.492 e. The van der Waals surface area contributed by atoms with E-state index in [1.807, 2.05) is 6.08 Å². The molecule has 1 unspecified atom stereocenters. The van der Waals surface area contributed by atoms with Crippen molar-refractivity contribution in [1.82, 2.24) is 16.0 Å². The van der Waals surface area contributed by atoms with Crippen LogP contribution in [-0.4, -0.2) is 133 Å². The highest BCUT2D eigenvalue weighted by atomic mass is 16.7. The van der Waals surface area contributed by atoms with E-state index >= 15 is 0 Å². The molecule has 2 aliphatic heterocycles. The van der Waals surface area contributed by atoms with Crippen LogP contribution in [0.15, 0.2) is 11.8 Å². The Morgan fingerprint density at radius 2 is 1.95 bits per heavy atom. The average molecular weight is 590 g/mol. The zero-order valence-corrected chi connectivity index (χ0v) is 24.0. The first-order valence-corrected chi connectivity index (χ1v) is 14.4. The van der Waals surface area contributed by atoms with E-state index in [9.17, 15) is 25.2 Å². The molecule has 3 rings (SSSR count). The molecule has 41 heavy (non-hydrogen) atoms. The van der Waals surface area contributed by atoms with Gasteiger partial charge in [0.25, 0.3) is 0 Å². The number of carbonyl (C=O) groups is 1. The molecule has 238 valence electrons. The minimum absolute atomic E-state index is 0.0455. The molecule has 2 heterocycles. The van der Waals surface area contributed by atoms with Crippen molar-refractivity contribution < 1.29 is 39.4 Å². The van der Waals surface area contributed by atoms with Crippen LogP contribution in [0.25, 0.3) is 0 Å². The van der Waals surface area contributed by atoms with Gasteiger partial charge in [-0.25, -0.2) is 0 Å². The number of rotatable bonds is 13. The van der Waals surface area contributed by atoms with Crippen LogP contribution >= 0.6 is 0 Å². The largest absolute Gasteiger partial charge is 0.492 e. The highest BCUT2D eigenvalue weighted by Crippen LogP contribution is 2.36. The lowest BCUT2D eigenvalue weighted by molar-refractivity contribution is -0.297. The molecular weight excluding hydrogens is 538 g/mol. The zero-order chi connectivity index (χ0) is 30.3. The molecule has 1 saturated carbocycles. The number of nitrogens with two attached hydrogens (primary N) is 4. The summed E-state index contributed by atoms with van der Waals surface area (Å²) in [5.74, 6) is -0.711. The Kier molecular flexibility index (Phi) is 12.7. The summed E-state index contributed by atoms with van der Waals surface area (Å²) in [6.45, 7) is 3.23. The van der Waals surface area contributed by atoms with Crippen molar-refractivity contribution in [3.8, 4) is 0 Å². The lowest BCUT2D eigenvalue weighted by Crippen LogP contribution is -2.69. The number of likely N-dealkylation sites (N-methyl/N-ethyl adjacent to an activating group) is 1. The van der Waals surface area contributed by atoms with Gasteiger partial charge in [-0.15, -0.1) is 0 Å². The van der Waals surface area contributed by atoms with E-state index in [4.69, 9.17) is 37.1 Å². The zero-order valence-electron chi connectivity index (χ0n) is 24.0. The third-order valence-electron chi connectivity index (χ3n) is 8.21. The lowest BCUT2D eigenvalue weighted by Gasteiger charge is -2.50. The van der Waals surface area contributed by atoms with Crippen LogP contribution in [0, 0.1) is 5.92 Å². The predicted octanol–water partition coefficient (Wildman–Crippen LogP) is -4.73. The quantitative estimate of drug-likeness (QED) is 0.0901. The number of aliphatic hydroxyl groups is 4. The number of aliphatic hydroxyl groups excluding tert-OH is 3. The molecule has 0 aromatic carbocycles. The molecule has 1 saturated heterocycles. The van der Waals surface area contributed by atoms with Crippen LogP contribution in [0.1, 0.15) is 32.6 Å². The smallest absolute Gasteiger partial charge is 0.249 e. The lowest BCUT2D eigenvalue weighted by atomic mass is 9.72. The molecule has 0 bridgehead atoms. The summed E-state index contributed by atoms with van der Waals surface area (Å²) in [7, 11) is 1.59. The van der Waals surface area contributed by atoms with Crippen molar-refractivity contribution in [3.05, 3.63) is 11.8 Å². The first kappa shape index (κ1) is 34.0. The van der Waals surface area contributed by atoms with Gasteiger partial charge < -0.3 is 73.5 Å². The molecule has 0 spiro atoms. The number of ether oxygens (including phenoxy) is 3. The van der Waals surface area contributed by atoms with Gasteiger partial charge in [-0.3, -0.25) is 4.79 Å². The molecular formula is C26H51N7O8. The normalized spacial score (nSPS) is 40.4. The van der Waals surface area contributed by atoms with Crippen molar-refractivity contribution in [2.45, 2.75) is 99.2 Å². The molecule has 1 aliphatic carbocycles. The fourth-order valence-electron chi connectivity index (χ4n) is 5.97. The maximum absolute atomic E-state index is 12.7. The Hall–Kier alpha value is -1.47. The highest BCUT2D eigenvalue weighted by Gasteiger charge is 2.53. The van der Waals surface area contributed by atoms with E-state index in [1.165, 1.54) is 6.92 Å². The molecule has 0 radical (unpaired) electrons. The van der Waals surface area contributed by atoms with Crippen molar-refractivity contribution in [1.29, 1.82) is 0 Å². The Labute approximate surface area is 241 Å². The summed E-state index contributed by atoms with van der Waals surface area (Å²) >= 11 is 0. The van der Waals surface area contributed by atoms with Gasteiger partial charge in [-0.2, -0.15) is 0 Å². The Morgan fingerprint density at radius 3 is 2.61 bits per heavy atom. The van der Waals surface area contributed by atoms with Gasteiger partial charge >= 0.3 is 0 Å². The van der Waals surface area contributed by atoms with Crippen molar-refractivity contribution in [2.75, 3.05) is 39.8 Å². The molecule has 15 nitrogen and oxygen atoms in total. The molecule has 15 N–H and O–H groups in total. The van der Waals surface area contributed by atoms with Crippen LogP contribution in [0.4, 0.5) is 0 Å². The first-order chi connectivity index (χ1) is 19.4. The van der Waals surface area contributed by atoms with Crippen LogP contribution in [0.5, 0.6) is 0 Å². The number of hydrogen-bond acceptors (Lipinski definition) is 14. The first-order valence-electron chi connectivity index (χ1n) is 14.4. The van der Waals surface area contributed by atoms with Gasteiger partial charge in [-0.05, 0) is 65.4 Å². The third-order valence-corrected chi connectivity index (χ3v) is 8.21. The maximum atomic E-state index is 12.7. The van der Waals surface area contributed by atoms with E-state index in [0.29, 0.717) is 25.3 Å². The molecule has 2 fully saturated rings. The number of hydrogen-bond donors (Lipinski definition) is 11. The molecule has 15 heteroatoms. The summed E-state index contributed by atoms with van der Waals surface area (Å²) < 4.78 is 18.1. The second kappa shape index (κ2) is 15.3. The summed E-state index contributed by atoms with van der Waals surface area (Å²) in [5, 5.41) is 52.4. The van der Waals surface area contributed by atoms with Crippen LogP contribution in [0.3, 0.4) is 0 Å². The molecule has 3 aliphatic rings. The summed E-state index contributed by atoms with van der Waals surface area (Å²) in [4.78, 5) is 12.7. The molecule has 12 atom stereocenters. The Morgan fingerprint density at radius 1 is 1.22 bits per heavy atom. The highest BCUT2D eigenvalue weighted by molar-refractivity contribution is 5.80. The number of nitrogens with one attached hydrogen (secondary N) is 3. The Bertz CT molecular complexity index is 868. The van der Waals surface area contributed by atoms with Gasteiger partial charge in [0.15, 0.2) is 6.29 Å². The second-order valence-corrected chi connectivity index (χ2v) is 11.5. The number of carbonyl (C=O) groups excluding carboxylic acids is 1. The topological polar surface area (TPSA) is 266 Å². The van der Waals surface area contributed by atoms with Gasteiger partial charge in [0.1, 0.15) is 35.8 Å². The monoisotopic (exact) mass is 589 g/mol. The molecule has 1 amide bonds. The SMILES string of the molecule is CN[C@@H]1[C@@H](O)[C@@H](O[C@H]2[C@H](NC(=O)[C@H](O)CCN)C[C@H](N)C([C@H]3OC(CNCCCN)=CC[C@H]3N)[C@@H]2O)OC[C@]1(C)O. The fourth-order valence-corrected chi connectivity index (χ4v) is 5.97. The van der Waals surface area contributed by atoms with Crippen LogP contribution in [0.2, 0.25) is 0 Å². The van der Waals surface area contributed by atoms with Gasteiger partial charge in [0, 0.05) is 18.0 Å². The van der Waals surface area contributed by atoms with Gasteiger partial charge in [-0.1, -0.05) is 0 Å². The average Bonchev–Trinajstić information content (AvgIpc) is 2.91. The number of amides is 1. The second-order valence-electron chi connectivity index (χ2n) is 11.5. The van der Waals surface area contributed by atoms with Crippen molar-refractivity contribution >= 4 is 5.91 Å². The molecule has 0 aromatic rings. The third kappa shape index (κ3) is 8.34. The fraction of sp³-hybridized carbons (Fsp3) is 0.885. The predicted molar refractivity (Wildman–Crippen MR) is 150 cm³/mol. The van der Waals surface area contributed by atoms with Crippen molar-refractivity contribution in [3.63, 3.8) is 0 Å². The van der Waals surface area contributed by atoms with E-state index in [-0.39, 0.29) is 26.0 Å². The van der Waals surface area contributed by atoms with Crippen LogP contribution in [-0.2, 0) is 19.0 Å². The minimum atomic E-state index is -1.38. The molecule has 0 aromatic heterocycles. The van der Waals surface area contributed by atoms with Crippen molar-refractivity contribution in [2.24, 2.45) is 28.9 Å². The summed E-state index contributed by atoms with van der Waals surface area (Å²) in [5.41, 5.74) is 22.7. The standard InChI is InChI=1S/C26H51N7O8/c1-26(38)12-39-25(20(36)23(26)31-2)41-22-16(33-24(37)17(34)6-8-28)10-15(30)18(19(22)35)21-14(29)5-4-13(40-21)11-32-9-3-7-27/h4,14-23,25,31-32,34-36,38H,3,5-12,27-30H2,1-2H3,(H,33,37)/t14-,15+,16-,17-,18?,19+,20-,21+,22+,23-,25-,26+/m1/s1. The van der Waals surface area contributed by atoms with E-state index in [2.05, 4.69) is 16.0 Å². The van der Waals surface area contributed by atoms with Crippen LogP contribution < -0.4 is 38.9 Å². The Balaban J connectivity index is 1.83. The van der Waals surface area contributed by atoms with Gasteiger partial charge in [0.2, 0.25) is 5.91 Å². The maximum Gasteiger partial charge on any atom is 0.249 e. The van der Waals surface area contributed by atoms with Gasteiger partial charge in [0.05, 0.1) is 31.3 Å². The van der Waals surface area contributed by atoms with E-state index in [1.54, 1.807) is 7.05 Å². The summed E-state index contributed by atoms with van der Waals surface area (Å²) in [6, 6.07) is -2.78.